The number of fused-ring (bicyclic) bond motifs is 18. The Morgan fingerprint density at radius 3 is 1.61 bits per heavy atom. The minimum Gasteiger partial charge on any atom is -0.454 e. The van der Waals surface area contributed by atoms with Crippen molar-refractivity contribution in [2.75, 3.05) is 0 Å². The molecule has 15 aromatic rings. The first-order valence-electron chi connectivity index (χ1n) is 23.3. The number of nitriles is 1. The molecule has 0 spiro atoms. The second-order valence-corrected chi connectivity index (χ2v) is 19.2. The lowest BCUT2D eigenvalue weighted by Crippen LogP contribution is -2.09. The van der Waals surface area contributed by atoms with Crippen molar-refractivity contribution in [3.8, 4) is 39.7 Å². The zero-order valence-corrected chi connectivity index (χ0v) is 38.2. The van der Waals surface area contributed by atoms with Gasteiger partial charge in [0.25, 0.3) is 0 Å². The predicted octanol–water partition coefficient (Wildman–Crippen LogP) is 18.1. The third kappa shape index (κ3) is 5.08. The Hall–Kier alpha value is -9.40. The van der Waals surface area contributed by atoms with Crippen LogP contribution in [0.4, 0.5) is 5.69 Å². The summed E-state index contributed by atoms with van der Waals surface area (Å²) in [6.45, 7) is 11.6. The molecule has 0 radical (unpaired) electrons. The van der Waals surface area contributed by atoms with Gasteiger partial charge in [0.15, 0.2) is 11.2 Å². The zero-order chi connectivity index (χ0) is 46.4. The van der Waals surface area contributed by atoms with E-state index < -0.39 is 0 Å². The van der Waals surface area contributed by atoms with E-state index >= 15 is 0 Å². The van der Waals surface area contributed by atoms with Gasteiger partial charge in [-0.15, -0.1) is 11.3 Å². The van der Waals surface area contributed by atoms with Crippen molar-refractivity contribution in [2.24, 2.45) is 0 Å². The van der Waals surface area contributed by atoms with Crippen molar-refractivity contribution in [2.45, 2.75) is 6.92 Å². The molecule has 0 saturated heterocycles. The number of rotatable bonds is 4. The lowest BCUT2D eigenvalue weighted by Gasteiger charge is -2.25. The number of hydrogen-bond acceptors (Lipinski definition) is 4. The minimum absolute atomic E-state index is 0.341. The van der Waals surface area contributed by atoms with E-state index in [1.807, 2.05) is 84.9 Å². The van der Waals surface area contributed by atoms with Crippen LogP contribution in [0.25, 0.3) is 146 Å². The van der Waals surface area contributed by atoms with Crippen molar-refractivity contribution < 1.29 is 8.83 Å². The summed E-state index contributed by atoms with van der Waals surface area (Å²) >= 11 is 1.78. The van der Waals surface area contributed by atoms with Crippen LogP contribution in [0.15, 0.2) is 197 Å². The summed E-state index contributed by atoms with van der Waals surface area (Å²) in [5.74, 6) is 0. The molecule has 0 unspecified atom stereocenters. The molecule has 0 bridgehead atoms. The van der Waals surface area contributed by atoms with Gasteiger partial charge in [0.05, 0.1) is 50.3 Å². The maximum absolute atomic E-state index is 12.1. The normalized spacial score (nSPS) is 12.0. The maximum atomic E-state index is 12.1. The van der Waals surface area contributed by atoms with Crippen LogP contribution in [0.5, 0.6) is 0 Å². The molecular formula is C63H34N4O2S. The molecule has 324 valence electrons. The van der Waals surface area contributed by atoms with E-state index in [1.54, 1.807) is 11.3 Å². The number of benzene rings is 10. The summed E-state index contributed by atoms with van der Waals surface area (Å²) in [6.07, 6.45) is 0. The molecule has 6 nitrogen and oxygen atoms in total. The van der Waals surface area contributed by atoms with Crippen molar-refractivity contribution in [1.29, 1.82) is 5.26 Å². The van der Waals surface area contributed by atoms with Crippen LogP contribution in [0.1, 0.15) is 11.1 Å². The van der Waals surface area contributed by atoms with E-state index in [0.717, 1.165) is 103 Å². The van der Waals surface area contributed by atoms with E-state index in [1.165, 1.54) is 15.6 Å². The molecule has 0 aliphatic carbocycles. The Balaban J connectivity index is 1.26. The van der Waals surface area contributed by atoms with Gasteiger partial charge in [0.1, 0.15) is 17.2 Å². The highest BCUT2D eigenvalue weighted by Crippen LogP contribution is 2.55. The SMILES string of the molecule is [C-]#[N+]c1c(-c2ccccc2)c(C#N)c(-n2c3ccccc3c3ccc4c5ccc(C)cc5sc4c32)c(-c2ccccc2)c1-n1c2c(ccc3c4ccccc4oc32)c2ccc3c4ccccc4oc3c21. The van der Waals surface area contributed by atoms with Gasteiger partial charge in [-0.2, -0.15) is 5.26 Å². The smallest absolute Gasteiger partial charge is 0.220 e. The van der Waals surface area contributed by atoms with Gasteiger partial charge in [-0.25, -0.2) is 4.85 Å². The van der Waals surface area contributed by atoms with Crippen LogP contribution in [0.3, 0.4) is 0 Å². The van der Waals surface area contributed by atoms with E-state index in [-0.39, 0.29) is 0 Å². The van der Waals surface area contributed by atoms with Gasteiger partial charge in [0, 0.05) is 69.7 Å². The van der Waals surface area contributed by atoms with E-state index in [9.17, 15) is 11.8 Å². The fourth-order valence-electron chi connectivity index (χ4n) is 11.5. The van der Waals surface area contributed by atoms with E-state index in [4.69, 9.17) is 8.83 Å². The molecule has 0 fully saturated rings. The van der Waals surface area contributed by atoms with Crippen molar-refractivity contribution >= 4 is 125 Å². The fraction of sp³-hybridized carbons (Fsp3) is 0.0159. The maximum Gasteiger partial charge on any atom is 0.220 e. The number of aryl methyl sites for hydroxylation is 1. The summed E-state index contributed by atoms with van der Waals surface area (Å²) in [4.78, 5) is 4.60. The molecule has 15 rings (SSSR count). The average Bonchev–Trinajstić information content (AvgIpc) is 4.23. The number of nitrogens with zero attached hydrogens (tertiary/aromatic N) is 4. The quantitative estimate of drug-likeness (QED) is 0.165. The summed E-state index contributed by atoms with van der Waals surface area (Å²) in [6, 6.07) is 67.7. The Morgan fingerprint density at radius 1 is 0.486 bits per heavy atom. The monoisotopic (exact) mass is 910 g/mol. The molecular weight excluding hydrogens is 877 g/mol. The Labute approximate surface area is 403 Å². The first-order valence-corrected chi connectivity index (χ1v) is 24.1. The largest absolute Gasteiger partial charge is 0.454 e. The number of para-hydroxylation sites is 3. The molecule has 5 aromatic heterocycles. The summed E-state index contributed by atoms with van der Waals surface area (Å²) < 4.78 is 21.0. The van der Waals surface area contributed by atoms with Crippen LogP contribution in [-0.2, 0) is 0 Å². The Morgan fingerprint density at radius 2 is 1.00 bits per heavy atom. The lowest BCUT2D eigenvalue weighted by molar-refractivity contribution is 0.669. The van der Waals surface area contributed by atoms with Gasteiger partial charge in [0.2, 0.25) is 5.69 Å². The fourth-order valence-corrected chi connectivity index (χ4v) is 12.9. The van der Waals surface area contributed by atoms with Crippen LogP contribution < -0.4 is 0 Å². The number of hydrogen-bond donors (Lipinski definition) is 0. The average molecular weight is 911 g/mol. The molecule has 0 aliphatic heterocycles. The van der Waals surface area contributed by atoms with Crippen LogP contribution >= 0.6 is 11.3 Å². The van der Waals surface area contributed by atoms with E-state index in [2.05, 4.69) is 130 Å². The second kappa shape index (κ2) is 14.3. The van der Waals surface area contributed by atoms with Crippen molar-refractivity contribution in [1.82, 2.24) is 9.13 Å². The molecule has 0 aliphatic rings. The highest BCUT2D eigenvalue weighted by molar-refractivity contribution is 7.26. The van der Waals surface area contributed by atoms with Gasteiger partial charge < -0.3 is 18.0 Å². The van der Waals surface area contributed by atoms with Crippen LogP contribution in [0, 0.1) is 24.8 Å². The molecule has 0 N–H and O–H groups in total. The predicted molar refractivity (Wildman–Crippen MR) is 289 cm³/mol. The first kappa shape index (κ1) is 38.7. The molecule has 0 atom stereocenters. The molecule has 7 heteroatoms. The topological polar surface area (TPSA) is 64.3 Å². The van der Waals surface area contributed by atoms with Gasteiger partial charge in [-0.1, -0.05) is 152 Å². The first-order chi connectivity index (χ1) is 34.6. The lowest BCUT2D eigenvalue weighted by atomic mass is 9.88. The molecule has 10 aromatic carbocycles. The van der Waals surface area contributed by atoms with Gasteiger partial charge >= 0.3 is 0 Å². The number of aromatic nitrogens is 2. The molecule has 70 heavy (non-hydrogen) atoms. The van der Waals surface area contributed by atoms with Crippen LogP contribution in [0.2, 0.25) is 0 Å². The van der Waals surface area contributed by atoms with E-state index in [0.29, 0.717) is 39.4 Å². The summed E-state index contributed by atoms with van der Waals surface area (Å²) in [5.41, 5.74) is 12.6. The van der Waals surface area contributed by atoms with Crippen molar-refractivity contribution in [3.63, 3.8) is 0 Å². The van der Waals surface area contributed by atoms with Gasteiger partial charge in [-0.05, 0) is 60.0 Å². The highest BCUT2D eigenvalue weighted by Gasteiger charge is 2.34. The Kier molecular flexibility index (Phi) is 7.91. The zero-order valence-electron chi connectivity index (χ0n) is 37.4. The highest BCUT2D eigenvalue weighted by atomic mass is 32.1. The number of thiophene rings is 1. The second-order valence-electron chi connectivity index (χ2n) is 18.1. The van der Waals surface area contributed by atoms with Crippen molar-refractivity contribution in [3.05, 3.63) is 211 Å². The molecule has 0 saturated carbocycles. The summed E-state index contributed by atoms with van der Waals surface area (Å²) in [7, 11) is 0. The molecule has 0 amide bonds. The summed E-state index contributed by atoms with van der Waals surface area (Å²) in [5, 5.41) is 22.4. The van der Waals surface area contributed by atoms with Gasteiger partial charge in [-0.3, -0.25) is 0 Å². The minimum atomic E-state index is 0.341. The third-order valence-electron chi connectivity index (χ3n) is 14.4. The third-order valence-corrected chi connectivity index (χ3v) is 15.6. The van der Waals surface area contributed by atoms with Crippen LogP contribution in [-0.4, -0.2) is 9.13 Å². The number of furan rings is 2. The Bertz CT molecular complexity index is 4730. The molecule has 5 heterocycles. The standard InChI is InChI=1S/C63H34N4O2S/c1-35-25-26-41-47-32-29-42-38-19-9-12-22-49(38)66(59(42)63(47)70-52(41)33-35)56-48(34-64)53(36-15-5-3-6-16-36)55(65-2)60(54(56)37-17-7-4-8-18-37)67-57-43(27-30-45-39-20-10-13-23-50(39)68-61(45)57)44-28-31-46-40-21-11-14-24-51(40)69-62(46)58(44)67/h3-33H,1H3.